The SMILES string of the molecule is CC(=O)Nc1ccc(-n2c(C)cc(C=C3SC(=O)N(Cc4ccc(Br)cc4)C3=O)c2C)cc1. The maximum absolute atomic E-state index is 13.0. The smallest absolute Gasteiger partial charge is 0.293 e. The average molecular weight is 524 g/mol. The molecule has 33 heavy (non-hydrogen) atoms. The molecule has 8 heteroatoms. The Balaban J connectivity index is 1.58. The van der Waals surface area contributed by atoms with Crippen LogP contribution in [-0.2, 0) is 16.1 Å². The molecule has 4 rings (SSSR count). The number of anilines is 1. The van der Waals surface area contributed by atoms with Gasteiger partial charge in [-0.05, 0) is 85.3 Å². The number of amides is 3. The van der Waals surface area contributed by atoms with Crippen molar-refractivity contribution in [3.8, 4) is 5.69 Å². The molecule has 0 saturated carbocycles. The summed E-state index contributed by atoms with van der Waals surface area (Å²) in [5.74, 6) is -0.398. The lowest BCUT2D eigenvalue weighted by Gasteiger charge is -2.12. The number of halogens is 1. The van der Waals surface area contributed by atoms with Gasteiger partial charge in [-0.15, -0.1) is 0 Å². The summed E-state index contributed by atoms with van der Waals surface area (Å²) < 4.78 is 3.02. The summed E-state index contributed by atoms with van der Waals surface area (Å²) in [6.45, 7) is 5.69. The third-order valence-electron chi connectivity index (χ3n) is 5.33. The lowest BCUT2D eigenvalue weighted by molar-refractivity contribution is -0.123. The molecule has 3 aromatic rings. The van der Waals surface area contributed by atoms with E-state index in [-0.39, 0.29) is 23.6 Å². The Morgan fingerprint density at radius 1 is 1.06 bits per heavy atom. The zero-order chi connectivity index (χ0) is 23.7. The number of benzene rings is 2. The number of imide groups is 1. The molecule has 6 nitrogen and oxygen atoms in total. The van der Waals surface area contributed by atoms with Gasteiger partial charge in [0.15, 0.2) is 0 Å². The predicted octanol–water partition coefficient (Wildman–Crippen LogP) is 6.05. The van der Waals surface area contributed by atoms with Crippen LogP contribution in [-0.4, -0.2) is 26.5 Å². The van der Waals surface area contributed by atoms with Crippen LogP contribution in [0, 0.1) is 13.8 Å². The Kier molecular flexibility index (Phi) is 6.58. The highest BCUT2D eigenvalue weighted by Gasteiger charge is 2.35. The fourth-order valence-corrected chi connectivity index (χ4v) is 4.87. The van der Waals surface area contributed by atoms with Crippen LogP contribution in [0.25, 0.3) is 11.8 Å². The lowest BCUT2D eigenvalue weighted by Crippen LogP contribution is -2.27. The molecule has 168 valence electrons. The Hall–Kier alpha value is -3.10. The molecule has 1 N–H and O–H groups in total. The van der Waals surface area contributed by atoms with E-state index in [9.17, 15) is 14.4 Å². The summed E-state index contributed by atoms with van der Waals surface area (Å²) in [5.41, 5.74) is 5.41. The summed E-state index contributed by atoms with van der Waals surface area (Å²) in [5, 5.41) is 2.50. The number of nitrogens with zero attached hydrogens (tertiary/aromatic N) is 2. The molecule has 2 aromatic carbocycles. The van der Waals surface area contributed by atoms with Crippen molar-refractivity contribution >= 4 is 56.5 Å². The maximum Gasteiger partial charge on any atom is 0.293 e. The second kappa shape index (κ2) is 9.41. The van der Waals surface area contributed by atoms with Crippen molar-refractivity contribution in [2.45, 2.75) is 27.3 Å². The molecule has 1 aliphatic rings. The van der Waals surface area contributed by atoms with E-state index in [1.54, 1.807) is 6.08 Å². The van der Waals surface area contributed by atoms with Gasteiger partial charge in [-0.1, -0.05) is 28.1 Å². The van der Waals surface area contributed by atoms with Crippen LogP contribution in [0.5, 0.6) is 0 Å². The standard InChI is InChI=1S/C25H22BrN3O3S/c1-15-12-19(16(2)29(15)22-10-8-21(9-11-22)27-17(3)30)13-23-24(31)28(25(32)33-23)14-18-4-6-20(26)7-5-18/h4-13H,14H2,1-3H3,(H,27,30). The van der Waals surface area contributed by atoms with Crippen LogP contribution in [0.1, 0.15) is 29.4 Å². The number of aromatic nitrogens is 1. The minimum Gasteiger partial charge on any atom is -0.326 e. The highest BCUT2D eigenvalue weighted by atomic mass is 79.9. The number of thioether (sulfide) groups is 1. The molecule has 1 aliphatic heterocycles. The van der Waals surface area contributed by atoms with E-state index in [4.69, 9.17) is 0 Å². The molecule has 1 fully saturated rings. The number of nitrogens with one attached hydrogen (secondary N) is 1. The van der Waals surface area contributed by atoms with Gasteiger partial charge in [-0.3, -0.25) is 19.3 Å². The molecule has 3 amide bonds. The summed E-state index contributed by atoms with van der Waals surface area (Å²) in [6, 6.07) is 17.1. The zero-order valence-electron chi connectivity index (χ0n) is 18.4. The largest absolute Gasteiger partial charge is 0.326 e. The summed E-state index contributed by atoms with van der Waals surface area (Å²) in [4.78, 5) is 38.4. The molecular formula is C25H22BrN3O3S. The molecule has 1 saturated heterocycles. The van der Waals surface area contributed by atoms with Gasteiger partial charge < -0.3 is 9.88 Å². The molecule has 0 unspecified atom stereocenters. The van der Waals surface area contributed by atoms with Crippen LogP contribution < -0.4 is 5.32 Å². The summed E-state index contributed by atoms with van der Waals surface area (Å²) >= 11 is 4.36. The first-order valence-corrected chi connectivity index (χ1v) is 11.9. The van der Waals surface area contributed by atoms with E-state index in [0.717, 1.165) is 50.1 Å². The maximum atomic E-state index is 13.0. The van der Waals surface area contributed by atoms with E-state index in [0.29, 0.717) is 4.91 Å². The van der Waals surface area contributed by atoms with Gasteiger partial charge in [0.25, 0.3) is 11.1 Å². The molecule has 0 bridgehead atoms. The molecule has 0 radical (unpaired) electrons. The molecule has 1 aromatic heterocycles. The first-order valence-electron chi connectivity index (χ1n) is 10.3. The summed E-state index contributed by atoms with van der Waals surface area (Å²) in [7, 11) is 0. The monoisotopic (exact) mass is 523 g/mol. The first-order chi connectivity index (χ1) is 15.7. The fourth-order valence-electron chi connectivity index (χ4n) is 3.78. The number of hydrogen-bond acceptors (Lipinski definition) is 4. The number of carbonyl (C=O) groups excluding carboxylic acids is 3. The number of aryl methyl sites for hydroxylation is 1. The van der Waals surface area contributed by atoms with Gasteiger partial charge in [0.05, 0.1) is 11.4 Å². The van der Waals surface area contributed by atoms with Crippen LogP contribution in [0.2, 0.25) is 0 Å². The van der Waals surface area contributed by atoms with Crippen molar-refractivity contribution in [3.05, 3.63) is 86.5 Å². The number of rotatable bonds is 5. The van der Waals surface area contributed by atoms with Crippen LogP contribution in [0.15, 0.2) is 64.0 Å². The topological polar surface area (TPSA) is 71.4 Å². The van der Waals surface area contributed by atoms with Gasteiger partial charge in [0.2, 0.25) is 5.91 Å². The van der Waals surface area contributed by atoms with Crippen molar-refractivity contribution in [2.24, 2.45) is 0 Å². The van der Waals surface area contributed by atoms with Crippen LogP contribution in [0.4, 0.5) is 10.5 Å². The van der Waals surface area contributed by atoms with Crippen LogP contribution >= 0.6 is 27.7 Å². The zero-order valence-corrected chi connectivity index (χ0v) is 20.8. The van der Waals surface area contributed by atoms with E-state index < -0.39 is 0 Å². The third kappa shape index (κ3) is 4.96. The lowest BCUT2D eigenvalue weighted by atomic mass is 10.2. The first kappa shape index (κ1) is 23.1. The Morgan fingerprint density at radius 2 is 1.73 bits per heavy atom. The van der Waals surface area contributed by atoms with Gasteiger partial charge in [-0.2, -0.15) is 0 Å². The Morgan fingerprint density at radius 3 is 2.36 bits per heavy atom. The predicted molar refractivity (Wildman–Crippen MR) is 135 cm³/mol. The number of carbonyl (C=O) groups is 3. The second-order valence-corrected chi connectivity index (χ2v) is 9.69. The molecule has 0 aliphatic carbocycles. The fraction of sp³-hybridized carbons (Fsp3) is 0.160. The minimum absolute atomic E-state index is 0.118. The highest BCUT2D eigenvalue weighted by molar-refractivity contribution is 9.10. The second-order valence-electron chi connectivity index (χ2n) is 7.78. The third-order valence-corrected chi connectivity index (χ3v) is 6.77. The van der Waals surface area contributed by atoms with Crippen molar-refractivity contribution in [2.75, 3.05) is 5.32 Å². The summed E-state index contributed by atoms with van der Waals surface area (Å²) in [6.07, 6.45) is 1.79. The van der Waals surface area contributed by atoms with Gasteiger partial charge >= 0.3 is 0 Å². The molecule has 0 atom stereocenters. The van der Waals surface area contributed by atoms with E-state index in [1.165, 1.54) is 11.8 Å². The quantitative estimate of drug-likeness (QED) is 0.413. The highest BCUT2D eigenvalue weighted by Crippen LogP contribution is 2.35. The normalized spacial score (nSPS) is 14.9. The Labute approximate surface area is 204 Å². The van der Waals surface area contributed by atoms with Crippen molar-refractivity contribution in [3.63, 3.8) is 0 Å². The average Bonchev–Trinajstić information content (AvgIpc) is 3.19. The molecule has 0 spiro atoms. The molecular weight excluding hydrogens is 502 g/mol. The van der Waals surface area contributed by atoms with Crippen molar-refractivity contribution in [1.82, 2.24) is 9.47 Å². The number of hydrogen-bond donors (Lipinski definition) is 1. The molecule has 2 heterocycles. The van der Waals surface area contributed by atoms with Gasteiger partial charge in [0.1, 0.15) is 0 Å². The van der Waals surface area contributed by atoms with Gasteiger partial charge in [0, 0.05) is 34.2 Å². The van der Waals surface area contributed by atoms with Gasteiger partial charge in [-0.25, -0.2) is 0 Å². The Bertz CT molecular complexity index is 1280. The van der Waals surface area contributed by atoms with Crippen LogP contribution in [0.3, 0.4) is 0 Å². The van der Waals surface area contributed by atoms with Crippen molar-refractivity contribution in [1.29, 1.82) is 0 Å². The van der Waals surface area contributed by atoms with E-state index >= 15 is 0 Å². The van der Waals surface area contributed by atoms with E-state index in [2.05, 4.69) is 25.8 Å². The minimum atomic E-state index is -0.280. The van der Waals surface area contributed by atoms with Crippen molar-refractivity contribution < 1.29 is 14.4 Å². The van der Waals surface area contributed by atoms with E-state index in [1.807, 2.05) is 68.4 Å².